The van der Waals surface area contributed by atoms with Crippen LogP contribution in [-0.4, -0.2) is 50.3 Å². The van der Waals surface area contributed by atoms with E-state index in [9.17, 15) is 13.2 Å². The first kappa shape index (κ1) is 20.3. The van der Waals surface area contributed by atoms with Gasteiger partial charge in [0.05, 0.1) is 4.90 Å². The van der Waals surface area contributed by atoms with Gasteiger partial charge in [0.1, 0.15) is 0 Å². The summed E-state index contributed by atoms with van der Waals surface area (Å²) in [5.41, 5.74) is 0.402. The summed E-state index contributed by atoms with van der Waals surface area (Å²) in [5.74, 6) is -0.202. The lowest BCUT2D eigenvalue weighted by atomic mass is 9.96. The highest BCUT2D eigenvalue weighted by atomic mass is 32.2. The standard InChI is InChI=1S/C20H31N3O3S/c1-15-13-17(11-12-21-15)22-20(24)16-7-6-10-19(14-16)27(25,26)23(2)18-8-4-3-5-9-18/h6-7,10,14-15,17-18,21H,3-5,8-9,11-13H2,1-2H3,(H,22,24). The Morgan fingerprint density at radius 2 is 1.93 bits per heavy atom. The zero-order valence-corrected chi connectivity index (χ0v) is 17.1. The van der Waals surface area contributed by atoms with Crippen molar-refractivity contribution in [3.63, 3.8) is 0 Å². The monoisotopic (exact) mass is 393 g/mol. The summed E-state index contributed by atoms with van der Waals surface area (Å²) in [6.45, 7) is 2.99. The highest BCUT2D eigenvalue weighted by Gasteiger charge is 2.29. The molecule has 27 heavy (non-hydrogen) atoms. The third-order valence-corrected chi connectivity index (χ3v) is 7.73. The fraction of sp³-hybridized carbons (Fsp3) is 0.650. The average Bonchev–Trinajstić information content (AvgIpc) is 2.68. The number of hydrogen-bond donors (Lipinski definition) is 2. The van der Waals surface area contributed by atoms with Crippen LogP contribution in [0.2, 0.25) is 0 Å². The van der Waals surface area contributed by atoms with Gasteiger partial charge in [0.15, 0.2) is 0 Å². The maximum absolute atomic E-state index is 13.0. The molecule has 2 unspecified atom stereocenters. The second-order valence-corrected chi connectivity index (χ2v) is 9.89. The third-order valence-electron chi connectivity index (χ3n) is 5.82. The van der Waals surface area contributed by atoms with Gasteiger partial charge in [-0.05, 0) is 57.4 Å². The molecule has 1 amide bonds. The van der Waals surface area contributed by atoms with Gasteiger partial charge in [-0.25, -0.2) is 8.42 Å². The lowest BCUT2D eigenvalue weighted by Gasteiger charge is -2.30. The van der Waals surface area contributed by atoms with E-state index in [2.05, 4.69) is 17.6 Å². The molecule has 7 heteroatoms. The number of carbonyl (C=O) groups is 1. The first-order valence-corrected chi connectivity index (χ1v) is 11.4. The second kappa shape index (κ2) is 8.71. The SMILES string of the molecule is CC1CC(NC(=O)c2cccc(S(=O)(=O)N(C)C3CCCCC3)c2)CCN1. The van der Waals surface area contributed by atoms with Crippen molar-refractivity contribution < 1.29 is 13.2 Å². The minimum atomic E-state index is -3.59. The average molecular weight is 394 g/mol. The number of amides is 1. The fourth-order valence-electron chi connectivity index (χ4n) is 4.14. The van der Waals surface area contributed by atoms with E-state index in [1.54, 1.807) is 25.2 Å². The largest absolute Gasteiger partial charge is 0.349 e. The van der Waals surface area contributed by atoms with E-state index in [0.29, 0.717) is 11.6 Å². The van der Waals surface area contributed by atoms with Crippen LogP contribution in [0.15, 0.2) is 29.2 Å². The van der Waals surface area contributed by atoms with E-state index in [1.165, 1.54) is 16.8 Å². The van der Waals surface area contributed by atoms with Crippen LogP contribution in [0.1, 0.15) is 62.2 Å². The van der Waals surface area contributed by atoms with Crippen LogP contribution < -0.4 is 10.6 Å². The van der Waals surface area contributed by atoms with Crippen molar-refractivity contribution >= 4 is 15.9 Å². The molecular formula is C20H31N3O3S. The first-order valence-electron chi connectivity index (χ1n) is 10.0. The molecule has 1 aliphatic heterocycles. The van der Waals surface area contributed by atoms with Crippen LogP contribution in [0.4, 0.5) is 0 Å². The molecule has 0 bridgehead atoms. The molecule has 3 rings (SSSR count). The smallest absolute Gasteiger partial charge is 0.251 e. The molecule has 2 aliphatic rings. The Morgan fingerprint density at radius 3 is 2.63 bits per heavy atom. The lowest BCUT2D eigenvalue weighted by Crippen LogP contribution is -2.46. The van der Waals surface area contributed by atoms with Gasteiger partial charge >= 0.3 is 0 Å². The van der Waals surface area contributed by atoms with Crippen LogP contribution in [0.3, 0.4) is 0 Å². The molecule has 0 radical (unpaired) electrons. The van der Waals surface area contributed by atoms with E-state index in [4.69, 9.17) is 0 Å². The third kappa shape index (κ3) is 4.89. The van der Waals surface area contributed by atoms with Gasteiger partial charge in [0.25, 0.3) is 5.91 Å². The second-order valence-electron chi connectivity index (χ2n) is 7.89. The number of sulfonamides is 1. The van der Waals surface area contributed by atoms with Crippen LogP contribution in [-0.2, 0) is 10.0 Å². The van der Waals surface area contributed by atoms with Crippen molar-refractivity contribution in [1.82, 2.24) is 14.9 Å². The van der Waals surface area contributed by atoms with E-state index >= 15 is 0 Å². The van der Waals surface area contributed by atoms with Crippen molar-refractivity contribution in [1.29, 1.82) is 0 Å². The van der Waals surface area contributed by atoms with Crippen LogP contribution in [0, 0.1) is 0 Å². The zero-order chi connectivity index (χ0) is 19.4. The Labute approximate surface area is 162 Å². The van der Waals surface area contributed by atoms with E-state index < -0.39 is 10.0 Å². The quantitative estimate of drug-likeness (QED) is 0.806. The minimum Gasteiger partial charge on any atom is -0.349 e. The molecule has 1 aliphatic carbocycles. The van der Waals surface area contributed by atoms with Gasteiger partial charge in [-0.1, -0.05) is 25.3 Å². The van der Waals surface area contributed by atoms with Gasteiger partial charge in [0.2, 0.25) is 10.0 Å². The molecule has 1 saturated heterocycles. The lowest BCUT2D eigenvalue weighted by molar-refractivity contribution is 0.0925. The molecule has 150 valence electrons. The van der Waals surface area contributed by atoms with E-state index in [1.807, 2.05) is 0 Å². The summed E-state index contributed by atoms with van der Waals surface area (Å²) in [4.78, 5) is 12.8. The highest BCUT2D eigenvalue weighted by Crippen LogP contribution is 2.26. The molecular weight excluding hydrogens is 362 g/mol. The van der Waals surface area contributed by atoms with Crippen LogP contribution in [0.5, 0.6) is 0 Å². The van der Waals surface area contributed by atoms with Crippen molar-refractivity contribution in [2.75, 3.05) is 13.6 Å². The van der Waals surface area contributed by atoms with Crippen molar-refractivity contribution in [3.8, 4) is 0 Å². The van der Waals surface area contributed by atoms with Crippen molar-refractivity contribution in [3.05, 3.63) is 29.8 Å². The number of nitrogens with one attached hydrogen (secondary N) is 2. The Bertz CT molecular complexity index is 759. The maximum Gasteiger partial charge on any atom is 0.251 e. The number of benzene rings is 1. The molecule has 2 fully saturated rings. The summed E-state index contributed by atoms with van der Waals surface area (Å²) >= 11 is 0. The Balaban J connectivity index is 1.72. The topological polar surface area (TPSA) is 78.5 Å². The molecule has 1 aromatic rings. The Hall–Kier alpha value is -1.44. The molecule has 0 aromatic heterocycles. The van der Waals surface area contributed by atoms with Crippen LogP contribution in [0.25, 0.3) is 0 Å². The van der Waals surface area contributed by atoms with Gasteiger partial charge < -0.3 is 10.6 Å². The summed E-state index contributed by atoms with van der Waals surface area (Å²) in [7, 11) is -1.93. The number of piperidine rings is 1. The molecule has 1 aromatic carbocycles. The molecule has 2 N–H and O–H groups in total. The molecule has 2 atom stereocenters. The molecule has 1 saturated carbocycles. The summed E-state index contributed by atoms with van der Waals surface area (Å²) in [6.07, 6.45) is 6.90. The predicted octanol–water partition coefficient (Wildman–Crippen LogP) is 2.51. The molecule has 1 heterocycles. The van der Waals surface area contributed by atoms with E-state index in [-0.39, 0.29) is 22.9 Å². The Morgan fingerprint density at radius 1 is 1.19 bits per heavy atom. The van der Waals surface area contributed by atoms with Gasteiger partial charge in [-0.2, -0.15) is 4.31 Å². The van der Waals surface area contributed by atoms with Crippen molar-refractivity contribution in [2.24, 2.45) is 0 Å². The minimum absolute atomic E-state index is 0.0532. The fourth-order valence-corrected chi connectivity index (χ4v) is 5.60. The van der Waals surface area contributed by atoms with Gasteiger partial charge in [-0.3, -0.25) is 4.79 Å². The molecule has 0 spiro atoms. The summed E-state index contributed by atoms with van der Waals surface area (Å²) in [5, 5.41) is 6.41. The van der Waals surface area contributed by atoms with Crippen LogP contribution >= 0.6 is 0 Å². The Kier molecular flexibility index (Phi) is 6.55. The number of carbonyl (C=O) groups excluding carboxylic acids is 1. The van der Waals surface area contributed by atoms with Gasteiger partial charge in [-0.15, -0.1) is 0 Å². The summed E-state index contributed by atoms with van der Waals surface area (Å²) in [6, 6.07) is 6.98. The number of nitrogens with zero attached hydrogens (tertiary/aromatic N) is 1. The van der Waals surface area contributed by atoms with Gasteiger partial charge in [0, 0.05) is 30.7 Å². The van der Waals surface area contributed by atoms with E-state index in [0.717, 1.165) is 45.1 Å². The maximum atomic E-state index is 13.0. The molecule has 6 nitrogen and oxygen atoms in total. The van der Waals surface area contributed by atoms with Crippen molar-refractivity contribution in [2.45, 2.75) is 74.9 Å². The number of hydrogen-bond acceptors (Lipinski definition) is 4. The summed E-state index contributed by atoms with van der Waals surface area (Å²) < 4.78 is 27.5. The normalized spacial score (nSPS) is 24.7. The zero-order valence-electron chi connectivity index (χ0n) is 16.3. The predicted molar refractivity (Wildman–Crippen MR) is 106 cm³/mol. The highest BCUT2D eigenvalue weighted by molar-refractivity contribution is 7.89. The first-order chi connectivity index (χ1) is 12.9. The number of rotatable bonds is 5.